The number of piperidine rings is 1. The zero-order chi connectivity index (χ0) is 18.5. The fourth-order valence-electron chi connectivity index (χ4n) is 3.79. The Morgan fingerprint density at radius 1 is 1.42 bits per heavy atom. The van der Waals surface area contributed by atoms with Crippen molar-refractivity contribution >= 4 is 22.5 Å². The number of carbonyl (C=O) groups excluding carboxylic acids is 1. The van der Waals surface area contributed by atoms with E-state index >= 15 is 0 Å². The molecule has 2 aromatic rings. The molecular weight excluding hydrogens is 326 g/mol. The van der Waals surface area contributed by atoms with Crippen LogP contribution in [0.5, 0.6) is 5.75 Å². The number of hydrogen-bond acceptors (Lipinski definition) is 4. The molecule has 1 aromatic heterocycles. The molecule has 1 atom stereocenters. The zero-order valence-electron chi connectivity index (χ0n) is 16.0. The fraction of sp³-hybridized carbons (Fsp3) is 0.524. The predicted octanol–water partition coefficient (Wildman–Crippen LogP) is 3.68. The van der Waals surface area contributed by atoms with Gasteiger partial charge in [0.05, 0.1) is 18.7 Å². The Balaban J connectivity index is 1.86. The number of methoxy groups -OCH3 is 1. The number of fused-ring (bicyclic) bond motifs is 1. The van der Waals surface area contributed by atoms with E-state index in [1.807, 2.05) is 18.3 Å². The van der Waals surface area contributed by atoms with Crippen LogP contribution in [0.4, 0.5) is 5.69 Å². The van der Waals surface area contributed by atoms with Crippen molar-refractivity contribution in [3.63, 3.8) is 0 Å². The molecule has 0 radical (unpaired) electrons. The van der Waals surface area contributed by atoms with E-state index < -0.39 is 0 Å². The van der Waals surface area contributed by atoms with Gasteiger partial charge in [0.25, 0.3) is 0 Å². The first kappa shape index (κ1) is 18.5. The van der Waals surface area contributed by atoms with Gasteiger partial charge in [-0.1, -0.05) is 25.5 Å². The van der Waals surface area contributed by atoms with Crippen molar-refractivity contribution < 1.29 is 9.53 Å². The highest BCUT2D eigenvalue weighted by molar-refractivity contribution is 5.96. The van der Waals surface area contributed by atoms with Gasteiger partial charge in [-0.2, -0.15) is 0 Å². The average Bonchev–Trinajstić information content (AvgIpc) is 2.67. The van der Waals surface area contributed by atoms with Gasteiger partial charge in [-0.05, 0) is 37.8 Å². The van der Waals surface area contributed by atoms with Crippen molar-refractivity contribution in [2.24, 2.45) is 5.92 Å². The SMILES string of the molecule is CCCCNC(=O)C1CCCN(c2c(C)cnc3c(OC)cccc23)C1. The standard InChI is InChI=1S/C21H29N3O2/c1-4-5-11-22-21(25)16-8-7-12-24(14-16)20-15(2)13-23-19-17(20)9-6-10-18(19)26-3/h6,9-10,13,16H,4-5,7-8,11-12,14H2,1-3H3,(H,22,25). The van der Waals surface area contributed by atoms with Crippen molar-refractivity contribution in [1.82, 2.24) is 10.3 Å². The molecule has 2 heterocycles. The molecule has 0 aliphatic carbocycles. The van der Waals surface area contributed by atoms with Gasteiger partial charge < -0.3 is 15.0 Å². The van der Waals surface area contributed by atoms with E-state index in [1.54, 1.807) is 7.11 Å². The number of benzene rings is 1. The normalized spacial score (nSPS) is 17.3. The molecule has 140 valence electrons. The molecule has 1 aliphatic rings. The lowest BCUT2D eigenvalue weighted by Crippen LogP contribution is -2.43. The van der Waals surface area contributed by atoms with Crippen molar-refractivity contribution in [2.75, 3.05) is 31.6 Å². The van der Waals surface area contributed by atoms with Gasteiger partial charge in [-0.3, -0.25) is 9.78 Å². The summed E-state index contributed by atoms with van der Waals surface area (Å²) in [6, 6.07) is 6.04. The Hall–Kier alpha value is -2.30. The molecule has 3 rings (SSSR count). The van der Waals surface area contributed by atoms with Gasteiger partial charge in [0.15, 0.2) is 0 Å². The van der Waals surface area contributed by atoms with Crippen LogP contribution in [-0.2, 0) is 4.79 Å². The topological polar surface area (TPSA) is 54.5 Å². The van der Waals surface area contributed by atoms with E-state index in [-0.39, 0.29) is 11.8 Å². The van der Waals surface area contributed by atoms with Gasteiger partial charge in [0, 0.05) is 31.2 Å². The van der Waals surface area contributed by atoms with E-state index in [2.05, 4.69) is 35.1 Å². The number of amides is 1. The van der Waals surface area contributed by atoms with E-state index in [4.69, 9.17) is 4.74 Å². The third-order valence-corrected chi connectivity index (χ3v) is 5.17. The first-order valence-corrected chi connectivity index (χ1v) is 9.60. The maximum absolute atomic E-state index is 12.5. The molecule has 0 bridgehead atoms. The zero-order valence-corrected chi connectivity index (χ0v) is 16.0. The molecule has 1 saturated heterocycles. The lowest BCUT2D eigenvalue weighted by atomic mass is 9.95. The smallest absolute Gasteiger partial charge is 0.224 e. The largest absolute Gasteiger partial charge is 0.494 e. The molecular formula is C21H29N3O2. The molecule has 5 nitrogen and oxygen atoms in total. The average molecular weight is 355 g/mol. The van der Waals surface area contributed by atoms with Crippen molar-refractivity contribution in [3.05, 3.63) is 30.0 Å². The highest BCUT2D eigenvalue weighted by atomic mass is 16.5. The minimum atomic E-state index is 0.0498. The summed E-state index contributed by atoms with van der Waals surface area (Å²) in [6.45, 7) is 6.73. The number of ether oxygens (including phenoxy) is 1. The number of aromatic nitrogens is 1. The highest BCUT2D eigenvalue weighted by Gasteiger charge is 2.27. The van der Waals surface area contributed by atoms with Crippen LogP contribution in [0.25, 0.3) is 10.9 Å². The van der Waals surface area contributed by atoms with Crippen molar-refractivity contribution in [1.29, 1.82) is 0 Å². The number of carbonyl (C=O) groups is 1. The molecule has 0 saturated carbocycles. The number of aryl methyl sites for hydroxylation is 1. The summed E-state index contributed by atoms with van der Waals surface area (Å²) in [6.07, 6.45) is 6.03. The van der Waals surface area contributed by atoms with Gasteiger partial charge >= 0.3 is 0 Å². The minimum Gasteiger partial charge on any atom is -0.494 e. The van der Waals surface area contributed by atoms with Crippen molar-refractivity contribution in [3.8, 4) is 5.75 Å². The van der Waals surface area contributed by atoms with Crippen LogP contribution < -0.4 is 15.0 Å². The second-order valence-corrected chi connectivity index (χ2v) is 7.08. The van der Waals surface area contributed by atoms with Gasteiger partial charge in [0.2, 0.25) is 5.91 Å². The first-order valence-electron chi connectivity index (χ1n) is 9.60. The number of nitrogens with zero attached hydrogens (tertiary/aromatic N) is 2. The maximum atomic E-state index is 12.5. The summed E-state index contributed by atoms with van der Waals surface area (Å²) < 4.78 is 5.48. The predicted molar refractivity (Wildman–Crippen MR) is 106 cm³/mol. The molecule has 5 heteroatoms. The molecule has 0 spiro atoms. The lowest BCUT2D eigenvalue weighted by molar-refractivity contribution is -0.125. The number of anilines is 1. The number of hydrogen-bond donors (Lipinski definition) is 1. The number of para-hydroxylation sites is 1. The third kappa shape index (κ3) is 3.76. The molecule has 1 unspecified atom stereocenters. The second-order valence-electron chi connectivity index (χ2n) is 7.08. The van der Waals surface area contributed by atoms with E-state index in [9.17, 15) is 4.79 Å². The Kier molecular flexibility index (Phi) is 5.96. The fourth-order valence-corrected chi connectivity index (χ4v) is 3.79. The summed E-state index contributed by atoms with van der Waals surface area (Å²) in [5.41, 5.74) is 3.20. The number of unbranched alkanes of at least 4 members (excludes halogenated alkanes) is 1. The summed E-state index contributed by atoms with van der Waals surface area (Å²) in [5.74, 6) is 1.03. The third-order valence-electron chi connectivity index (χ3n) is 5.17. The Morgan fingerprint density at radius 3 is 3.04 bits per heavy atom. The second kappa shape index (κ2) is 8.39. The van der Waals surface area contributed by atoms with E-state index in [1.165, 1.54) is 5.69 Å². The van der Waals surface area contributed by atoms with Crippen LogP contribution in [0, 0.1) is 12.8 Å². The quantitative estimate of drug-likeness (QED) is 0.803. The van der Waals surface area contributed by atoms with E-state index in [0.29, 0.717) is 0 Å². The van der Waals surface area contributed by atoms with Gasteiger partial charge in [-0.15, -0.1) is 0 Å². The molecule has 1 aromatic carbocycles. The summed E-state index contributed by atoms with van der Waals surface area (Å²) in [4.78, 5) is 19.5. The Bertz CT molecular complexity index is 775. The summed E-state index contributed by atoms with van der Waals surface area (Å²) in [7, 11) is 1.67. The van der Waals surface area contributed by atoms with Crippen LogP contribution in [-0.4, -0.2) is 37.6 Å². The minimum absolute atomic E-state index is 0.0498. The maximum Gasteiger partial charge on any atom is 0.224 e. The van der Waals surface area contributed by atoms with Crippen LogP contribution in [0.2, 0.25) is 0 Å². The summed E-state index contributed by atoms with van der Waals surface area (Å²) in [5, 5.41) is 4.19. The number of nitrogens with one attached hydrogen (secondary N) is 1. The lowest BCUT2D eigenvalue weighted by Gasteiger charge is -2.35. The monoisotopic (exact) mass is 355 g/mol. The molecule has 26 heavy (non-hydrogen) atoms. The molecule has 1 amide bonds. The highest BCUT2D eigenvalue weighted by Crippen LogP contribution is 2.35. The van der Waals surface area contributed by atoms with E-state index in [0.717, 1.165) is 67.5 Å². The van der Waals surface area contributed by atoms with Gasteiger partial charge in [-0.25, -0.2) is 0 Å². The number of rotatable bonds is 6. The Labute approximate surface area is 155 Å². The van der Waals surface area contributed by atoms with Crippen LogP contribution in [0.1, 0.15) is 38.2 Å². The Morgan fingerprint density at radius 2 is 2.27 bits per heavy atom. The summed E-state index contributed by atoms with van der Waals surface area (Å²) >= 11 is 0. The van der Waals surface area contributed by atoms with Crippen molar-refractivity contribution in [2.45, 2.75) is 39.5 Å². The number of pyridine rings is 1. The van der Waals surface area contributed by atoms with Crippen LogP contribution in [0.15, 0.2) is 24.4 Å². The molecule has 1 aliphatic heterocycles. The molecule has 1 N–H and O–H groups in total. The van der Waals surface area contributed by atoms with Gasteiger partial charge in [0.1, 0.15) is 11.3 Å². The van der Waals surface area contributed by atoms with Crippen LogP contribution in [0.3, 0.4) is 0 Å². The molecule has 1 fully saturated rings. The van der Waals surface area contributed by atoms with Crippen LogP contribution >= 0.6 is 0 Å². The first-order chi connectivity index (χ1) is 12.7.